The fourth-order valence-electron chi connectivity index (χ4n) is 3.25. The molecule has 1 saturated heterocycles. The van der Waals surface area contributed by atoms with Crippen molar-refractivity contribution < 1.29 is 29.3 Å². The van der Waals surface area contributed by atoms with Gasteiger partial charge in [-0.05, 0) is 31.4 Å². The normalized spacial score (nSPS) is 15.1. The third kappa shape index (κ3) is 7.63. The average Bonchev–Trinajstić information content (AvgIpc) is 3.01. The third-order valence-electron chi connectivity index (χ3n) is 5.06. The summed E-state index contributed by atoms with van der Waals surface area (Å²) in [6, 6.07) is 7.56. The van der Waals surface area contributed by atoms with Crippen LogP contribution < -0.4 is 4.74 Å². The number of para-hydroxylation sites is 1. The van der Waals surface area contributed by atoms with Gasteiger partial charge in [-0.25, -0.2) is 0 Å². The number of carbonyl (C=O) groups is 3. The monoisotopic (exact) mass is 479 g/mol. The molecule has 0 aromatic heterocycles. The van der Waals surface area contributed by atoms with Crippen LogP contribution in [0.25, 0.3) is 6.08 Å². The Labute approximate surface area is 197 Å². The van der Waals surface area contributed by atoms with Crippen molar-refractivity contribution in [3.63, 3.8) is 0 Å². The van der Waals surface area contributed by atoms with Crippen LogP contribution in [0.3, 0.4) is 0 Å². The fraction of sp³-hybridized carbons (Fsp3) is 0.478. The summed E-state index contributed by atoms with van der Waals surface area (Å²) in [6.45, 7) is 3.11. The van der Waals surface area contributed by atoms with Crippen LogP contribution in [0, 0.1) is 5.92 Å². The van der Waals surface area contributed by atoms with E-state index in [0.717, 1.165) is 30.6 Å². The molecule has 1 amide bonds. The SMILES string of the molecule is CCCCCCOc1ccccc1C=C1SC(=S)N(CCCCC(C(=O)O)C(=O)O)C1=O. The Morgan fingerprint density at radius 2 is 1.84 bits per heavy atom. The lowest BCUT2D eigenvalue weighted by Crippen LogP contribution is -2.29. The second-order valence-corrected chi connectivity index (χ2v) is 9.18. The second kappa shape index (κ2) is 13.2. The van der Waals surface area contributed by atoms with Gasteiger partial charge in [-0.1, -0.05) is 74.8 Å². The summed E-state index contributed by atoms with van der Waals surface area (Å²) >= 11 is 6.57. The van der Waals surface area contributed by atoms with E-state index in [1.807, 2.05) is 24.3 Å². The van der Waals surface area contributed by atoms with Gasteiger partial charge in [0.2, 0.25) is 0 Å². The maximum atomic E-state index is 12.8. The van der Waals surface area contributed by atoms with E-state index in [-0.39, 0.29) is 12.3 Å². The van der Waals surface area contributed by atoms with E-state index in [1.165, 1.54) is 23.1 Å². The van der Waals surface area contributed by atoms with Gasteiger partial charge >= 0.3 is 11.9 Å². The average molecular weight is 480 g/mol. The van der Waals surface area contributed by atoms with Gasteiger partial charge < -0.3 is 14.9 Å². The van der Waals surface area contributed by atoms with Crippen LogP contribution in [0.2, 0.25) is 0 Å². The van der Waals surface area contributed by atoms with Crippen molar-refractivity contribution in [2.45, 2.75) is 51.9 Å². The van der Waals surface area contributed by atoms with E-state index in [4.69, 9.17) is 27.2 Å². The zero-order valence-electron chi connectivity index (χ0n) is 18.1. The number of carboxylic acid groups (broad SMARTS) is 2. The molecule has 174 valence electrons. The first-order valence-corrected chi connectivity index (χ1v) is 12.0. The molecule has 7 nitrogen and oxygen atoms in total. The number of hydrogen-bond donors (Lipinski definition) is 2. The summed E-state index contributed by atoms with van der Waals surface area (Å²) in [4.78, 5) is 36.7. The first-order chi connectivity index (χ1) is 15.3. The lowest BCUT2D eigenvalue weighted by atomic mass is 10.0. The van der Waals surface area contributed by atoms with Crippen LogP contribution in [-0.2, 0) is 14.4 Å². The minimum absolute atomic E-state index is 0.0122. The van der Waals surface area contributed by atoms with Crippen LogP contribution in [0.1, 0.15) is 57.4 Å². The molecule has 0 saturated carbocycles. The van der Waals surface area contributed by atoms with Gasteiger partial charge in [-0.15, -0.1) is 0 Å². The highest BCUT2D eigenvalue weighted by molar-refractivity contribution is 8.26. The van der Waals surface area contributed by atoms with E-state index < -0.39 is 17.9 Å². The molecule has 9 heteroatoms. The van der Waals surface area contributed by atoms with E-state index in [1.54, 1.807) is 6.08 Å². The summed E-state index contributed by atoms with van der Waals surface area (Å²) in [7, 11) is 0. The van der Waals surface area contributed by atoms with Gasteiger partial charge in [-0.2, -0.15) is 0 Å². The standard InChI is InChI=1S/C23H29NO6S2/c1-2-3-4-9-14-30-18-12-6-5-10-16(18)15-19-20(25)24(23(31)32-19)13-8-7-11-17(21(26)27)22(28)29/h5-6,10,12,15,17H,2-4,7-9,11,13-14H2,1H3,(H,26,27)(H,28,29). The summed E-state index contributed by atoms with van der Waals surface area (Å²) in [5, 5.41) is 17.9. The van der Waals surface area contributed by atoms with Crippen LogP contribution in [0.5, 0.6) is 5.75 Å². The van der Waals surface area contributed by atoms with Crippen LogP contribution >= 0.6 is 24.0 Å². The third-order valence-corrected chi connectivity index (χ3v) is 6.43. The van der Waals surface area contributed by atoms with Crippen molar-refractivity contribution in [2.75, 3.05) is 13.2 Å². The topological polar surface area (TPSA) is 104 Å². The molecule has 32 heavy (non-hydrogen) atoms. The van der Waals surface area contributed by atoms with E-state index in [2.05, 4.69) is 6.92 Å². The maximum absolute atomic E-state index is 12.8. The lowest BCUT2D eigenvalue weighted by Gasteiger charge is -2.14. The van der Waals surface area contributed by atoms with Crippen molar-refractivity contribution in [1.29, 1.82) is 0 Å². The molecule has 1 heterocycles. The molecule has 0 aliphatic carbocycles. The molecule has 0 spiro atoms. The zero-order valence-corrected chi connectivity index (χ0v) is 19.8. The first kappa shape index (κ1) is 25.9. The number of hydrogen-bond acceptors (Lipinski definition) is 6. The number of nitrogens with zero attached hydrogens (tertiary/aromatic N) is 1. The molecule has 1 aromatic rings. The number of amides is 1. The minimum Gasteiger partial charge on any atom is -0.493 e. The maximum Gasteiger partial charge on any atom is 0.317 e. The summed E-state index contributed by atoms with van der Waals surface area (Å²) in [5.74, 6) is -3.61. The number of thiocarbonyl (C=S) groups is 1. The van der Waals surface area contributed by atoms with Crippen molar-refractivity contribution in [2.24, 2.45) is 5.92 Å². The molecule has 0 unspecified atom stereocenters. The van der Waals surface area contributed by atoms with E-state index >= 15 is 0 Å². The quantitative estimate of drug-likeness (QED) is 0.170. The predicted octanol–water partition coefficient (Wildman–Crippen LogP) is 4.80. The Morgan fingerprint density at radius 1 is 1.12 bits per heavy atom. The molecular weight excluding hydrogens is 450 g/mol. The van der Waals surface area contributed by atoms with Crippen molar-refractivity contribution in [3.8, 4) is 5.75 Å². The van der Waals surface area contributed by atoms with Gasteiger partial charge in [0.05, 0.1) is 11.5 Å². The zero-order chi connectivity index (χ0) is 23.5. The number of benzene rings is 1. The number of ether oxygens (including phenoxy) is 1. The van der Waals surface area contributed by atoms with Gasteiger partial charge in [0.15, 0.2) is 5.92 Å². The Balaban J connectivity index is 1.94. The van der Waals surface area contributed by atoms with E-state index in [0.29, 0.717) is 35.2 Å². The van der Waals surface area contributed by atoms with Crippen LogP contribution in [-0.4, -0.2) is 50.4 Å². The molecule has 0 atom stereocenters. The fourth-order valence-corrected chi connectivity index (χ4v) is 4.55. The molecule has 1 aliphatic heterocycles. The Hall–Kier alpha value is -2.39. The largest absolute Gasteiger partial charge is 0.493 e. The molecule has 0 bridgehead atoms. The van der Waals surface area contributed by atoms with Gasteiger partial charge in [0.1, 0.15) is 10.1 Å². The molecule has 2 rings (SSSR count). The number of aliphatic carboxylic acids is 2. The van der Waals surface area contributed by atoms with Crippen molar-refractivity contribution >= 4 is 52.2 Å². The lowest BCUT2D eigenvalue weighted by molar-refractivity contribution is -0.154. The summed E-state index contributed by atoms with van der Waals surface area (Å²) in [5.41, 5.74) is 0.814. The summed E-state index contributed by atoms with van der Waals surface area (Å²) < 4.78 is 6.35. The molecule has 1 fully saturated rings. The molecule has 2 N–H and O–H groups in total. The highest BCUT2D eigenvalue weighted by atomic mass is 32.2. The minimum atomic E-state index is -1.43. The first-order valence-electron chi connectivity index (χ1n) is 10.8. The summed E-state index contributed by atoms with van der Waals surface area (Å²) in [6.07, 6.45) is 7.08. The van der Waals surface area contributed by atoms with Crippen LogP contribution in [0.15, 0.2) is 29.2 Å². The number of thioether (sulfide) groups is 1. The number of carboxylic acids is 2. The second-order valence-electron chi connectivity index (χ2n) is 7.51. The Morgan fingerprint density at radius 3 is 2.53 bits per heavy atom. The molecule has 1 aromatic carbocycles. The highest BCUT2D eigenvalue weighted by Crippen LogP contribution is 2.34. The number of unbranched alkanes of at least 4 members (excludes halogenated alkanes) is 4. The number of rotatable bonds is 14. The Bertz CT molecular complexity index is 856. The van der Waals surface area contributed by atoms with Gasteiger partial charge in [-0.3, -0.25) is 19.3 Å². The smallest absolute Gasteiger partial charge is 0.317 e. The number of carbonyl (C=O) groups excluding carboxylic acids is 1. The molecule has 1 aliphatic rings. The van der Waals surface area contributed by atoms with Crippen molar-refractivity contribution in [3.05, 3.63) is 34.7 Å². The van der Waals surface area contributed by atoms with Crippen molar-refractivity contribution in [1.82, 2.24) is 4.90 Å². The Kier molecular flexibility index (Phi) is 10.7. The molecular formula is C23H29NO6S2. The van der Waals surface area contributed by atoms with Gasteiger partial charge in [0, 0.05) is 12.1 Å². The van der Waals surface area contributed by atoms with E-state index in [9.17, 15) is 14.4 Å². The van der Waals surface area contributed by atoms with Crippen LogP contribution in [0.4, 0.5) is 0 Å². The molecule has 0 radical (unpaired) electrons. The predicted molar refractivity (Wildman–Crippen MR) is 129 cm³/mol. The highest BCUT2D eigenvalue weighted by Gasteiger charge is 2.32. The van der Waals surface area contributed by atoms with Gasteiger partial charge in [0.25, 0.3) is 5.91 Å².